The maximum Gasteiger partial charge on any atom is 0.299 e. The molecule has 0 aromatic heterocycles. The minimum absolute atomic E-state index is 0.181. The summed E-state index contributed by atoms with van der Waals surface area (Å²) in [5.74, 6) is 3.71. The topological polar surface area (TPSA) is 95.5 Å². The summed E-state index contributed by atoms with van der Waals surface area (Å²) in [6, 6.07) is 5.74. The van der Waals surface area contributed by atoms with Crippen LogP contribution in [0.25, 0.3) is 0 Å². The summed E-state index contributed by atoms with van der Waals surface area (Å²) < 4.78 is 23.8. The van der Waals surface area contributed by atoms with Crippen molar-refractivity contribution in [3.63, 3.8) is 0 Å². The summed E-state index contributed by atoms with van der Waals surface area (Å²) in [4.78, 5) is 30.8. The highest BCUT2D eigenvalue weighted by Gasteiger charge is 2.08. The zero-order chi connectivity index (χ0) is 21.7. The number of alkyl halides is 2. The van der Waals surface area contributed by atoms with Crippen molar-refractivity contribution in [2.24, 2.45) is 0 Å². The lowest BCUT2D eigenvalue weighted by Gasteiger charge is -2.10. The number of halogens is 2. The van der Waals surface area contributed by atoms with E-state index in [1.54, 1.807) is 12.8 Å². The third kappa shape index (κ3) is 17.6. The number of hydrogen-bond acceptors (Lipinski definition) is 4. The maximum atomic E-state index is 11.9. The Bertz CT molecular complexity index is 582. The molecular weight excluding hydrogens is 358 g/mol. The highest BCUT2D eigenvalue weighted by atomic mass is 19.3. The van der Waals surface area contributed by atoms with Crippen LogP contribution in [0.2, 0.25) is 0 Å². The quantitative estimate of drug-likeness (QED) is 0.239. The molecule has 8 heteroatoms. The fourth-order valence-electron chi connectivity index (χ4n) is 1.35. The third-order valence-corrected chi connectivity index (χ3v) is 2.35. The molecule has 0 bridgehead atoms. The minimum atomic E-state index is -2.67. The van der Waals surface area contributed by atoms with E-state index in [-0.39, 0.29) is 24.8 Å². The van der Waals surface area contributed by atoms with Crippen molar-refractivity contribution in [3.8, 4) is 11.8 Å². The summed E-state index contributed by atoms with van der Waals surface area (Å²) in [7, 11) is 0. The van der Waals surface area contributed by atoms with Crippen molar-refractivity contribution in [2.45, 2.75) is 39.7 Å². The number of aldehydes is 1. The van der Waals surface area contributed by atoms with E-state index >= 15 is 0 Å². The molecule has 0 saturated heterocycles. The van der Waals surface area contributed by atoms with E-state index in [0.29, 0.717) is 11.1 Å². The Kier molecular flexibility index (Phi) is 22.3. The van der Waals surface area contributed by atoms with Gasteiger partial charge >= 0.3 is 0 Å². The Morgan fingerprint density at radius 2 is 1.70 bits per heavy atom. The molecule has 1 rings (SSSR count). The van der Waals surface area contributed by atoms with Crippen LogP contribution in [0.4, 0.5) is 8.78 Å². The molecule has 150 valence electrons. The van der Waals surface area contributed by atoms with Crippen molar-refractivity contribution in [3.05, 3.63) is 48.6 Å². The molecule has 27 heavy (non-hydrogen) atoms. The van der Waals surface area contributed by atoms with Gasteiger partial charge in [-0.25, -0.2) is 5.48 Å². The molecule has 1 aromatic carbocycles. The van der Waals surface area contributed by atoms with Gasteiger partial charge in [-0.2, -0.15) is 8.78 Å². The van der Waals surface area contributed by atoms with Gasteiger partial charge < -0.3 is 10.1 Å². The van der Waals surface area contributed by atoms with E-state index in [4.69, 9.17) is 10.0 Å². The predicted octanol–water partition coefficient (Wildman–Crippen LogP) is 2.96. The highest BCUT2D eigenvalue weighted by Crippen LogP contribution is 2.04. The van der Waals surface area contributed by atoms with Gasteiger partial charge in [0.2, 0.25) is 6.41 Å². The number of rotatable bonds is 5. The van der Waals surface area contributed by atoms with Gasteiger partial charge in [0.05, 0.1) is 0 Å². The minimum Gasteiger partial charge on any atom is -0.349 e. The number of benzene rings is 1. The zero-order valence-corrected chi connectivity index (χ0v) is 15.7. The van der Waals surface area contributed by atoms with Crippen LogP contribution >= 0.6 is 0 Å². The molecule has 0 spiro atoms. The van der Waals surface area contributed by atoms with Gasteiger partial charge in [-0.05, 0) is 37.1 Å². The molecule has 1 unspecified atom stereocenters. The number of amides is 2. The Morgan fingerprint density at radius 3 is 2.07 bits per heavy atom. The molecule has 0 radical (unpaired) electrons. The second-order valence-electron chi connectivity index (χ2n) is 4.17. The van der Waals surface area contributed by atoms with Crippen LogP contribution in [-0.2, 0) is 9.59 Å². The average Bonchev–Trinajstić information content (AvgIpc) is 2.70. The number of hydrogen-bond donors (Lipinski definition) is 3. The van der Waals surface area contributed by atoms with Crippen molar-refractivity contribution >= 4 is 18.6 Å². The molecule has 1 atom stereocenters. The Hall–Kier alpha value is -3.05. The predicted molar refractivity (Wildman–Crippen MR) is 101 cm³/mol. The smallest absolute Gasteiger partial charge is 0.299 e. The number of carbonyl (C=O) groups is 3. The molecule has 0 aliphatic heterocycles. The summed E-state index contributed by atoms with van der Waals surface area (Å²) in [5, 5.41) is 9.90. The average molecular weight is 384 g/mol. The largest absolute Gasteiger partial charge is 0.349 e. The third-order valence-electron chi connectivity index (χ3n) is 2.35. The van der Waals surface area contributed by atoms with E-state index in [9.17, 15) is 18.4 Å². The molecule has 0 heterocycles. The molecular formula is C19H26F2N2O4. The van der Waals surface area contributed by atoms with Gasteiger partial charge in [-0.1, -0.05) is 19.8 Å². The van der Waals surface area contributed by atoms with E-state index < -0.39 is 6.43 Å². The number of carbonyl (C=O) groups excluding carboxylic acids is 3. The lowest BCUT2D eigenvalue weighted by Crippen LogP contribution is -2.32. The first-order valence-electron chi connectivity index (χ1n) is 7.92. The van der Waals surface area contributed by atoms with Crippen LogP contribution in [0.3, 0.4) is 0 Å². The highest BCUT2D eigenvalue weighted by molar-refractivity contribution is 5.94. The molecule has 3 N–H and O–H groups in total. The SMILES string of the molecule is C=C.CC.CC(CC=O)NC(=O)c1ccc(C#CC(F)F)cc1.O=CNO. The molecule has 0 fully saturated rings. The lowest BCUT2D eigenvalue weighted by molar-refractivity contribution is -0.116. The summed E-state index contributed by atoms with van der Waals surface area (Å²) in [6.45, 7) is 11.7. The van der Waals surface area contributed by atoms with Crippen LogP contribution in [0.15, 0.2) is 37.4 Å². The summed E-state index contributed by atoms with van der Waals surface area (Å²) in [6.07, 6.45) is -1.52. The van der Waals surface area contributed by atoms with Gasteiger partial charge in [-0.15, -0.1) is 13.2 Å². The zero-order valence-electron chi connectivity index (χ0n) is 15.7. The first-order valence-corrected chi connectivity index (χ1v) is 7.92. The fraction of sp³-hybridized carbons (Fsp3) is 0.316. The van der Waals surface area contributed by atoms with Gasteiger partial charge in [0.25, 0.3) is 12.3 Å². The van der Waals surface area contributed by atoms with E-state index in [0.717, 1.165) is 6.29 Å². The van der Waals surface area contributed by atoms with Crippen LogP contribution in [-0.4, -0.2) is 36.3 Å². The summed E-state index contributed by atoms with van der Waals surface area (Å²) >= 11 is 0. The van der Waals surface area contributed by atoms with Gasteiger partial charge in [0, 0.05) is 23.6 Å². The molecule has 0 aliphatic carbocycles. The molecule has 0 saturated carbocycles. The van der Waals surface area contributed by atoms with Crippen molar-refractivity contribution in [1.29, 1.82) is 0 Å². The van der Waals surface area contributed by atoms with E-state index in [1.807, 2.05) is 13.8 Å². The summed E-state index contributed by atoms with van der Waals surface area (Å²) in [5.41, 5.74) is 2.05. The molecule has 0 aliphatic rings. The van der Waals surface area contributed by atoms with Crippen molar-refractivity contribution in [1.82, 2.24) is 10.8 Å². The van der Waals surface area contributed by atoms with Gasteiger partial charge in [0.1, 0.15) is 6.29 Å². The fourth-order valence-corrected chi connectivity index (χ4v) is 1.35. The van der Waals surface area contributed by atoms with E-state index in [1.165, 1.54) is 29.7 Å². The normalized spacial score (nSPS) is 9.15. The number of hydroxylamine groups is 1. The molecule has 2 amide bonds. The molecule has 1 aromatic rings. The second-order valence-corrected chi connectivity index (χ2v) is 4.17. The van der Waals surface area contributed by atoms with Crippen LogP contribution in [0.5, 0.6) is 0 Å². The van der Waals surface area contributed by atoms with Crippen LogP contribution in [0.1, 0.15) is 43.1 Å². The van der Waals surface area contributed by atoms with Crippen LogP contribution < -0.4 is 10.8 Å². The Morgan fingerprint density at radius 1 is 1.22 bits per heavy atom. The first-order chi connectivity index (χ1) is 12.9. The lowest BCUT2D eigenvalue weighted by atomic mass is 10.1. The first kappa shape index (κ1) is 28.7. The van der Waals surface area contributed by atoms with Gasteiger partial charge in [-0.3, -0.25) is 14.8 Å². The van der Waals surface area contributed by atoms with Crippen molar-refractivity contribution < 1.29 is 28.4 Å². The van der Waals surface area contributed by atoms with Crippen molar-refractivity contribution in [2.75, 3.05) is 0 Å². The maximum absolute atomic E-state index is 11.9. The standard InChI is InChI=1S/C14H13F2NO2.C2H6.C2H4.CH3NO2/c1-10(8-9-18)17-14(19)12-5-2-11(3-6-12)4-7-13(15)16;2*1-2;3-1-2-4/h2-3,5-6,9-10,13H,8H2,1H3,(H,17,19);1-2H3;1-2H2;1,4H,(H,2,3). The van der Waals surface area contributed by atoms with Gasteiger partial charge in [0.15, 0.2) is 0 Å². The Labute approximate surface area is 158 Å². The van der Waals surface area contributed by atoms with E-state index in [2.05, 4.69) is 24.4 Å². The number of nitrogens with one attached hydrogen (secondary N) is 2. The Balaban J connectivity index is -0.000000621. The molecule has 6 nitrogen and oxygen atoms in total. The van der Waals surface area contributed by atoms with Crippen LogP contribution in [0, 0.1) is 11.8 Å². The second kappa shape index (κ2) is 21.0. The monoisotopic (exact) mass is 384 g/mol.